The highest BCUT2D eigenvalue weighted by atomic mass is 16.4. The van der Waals surface area contributed by atoms with Gasteiger partial charge in [0.15, 0.2) is 0 Å². The fraction of sp³-hybridized carbons (Fsp3) is 0.714. The molecule has 0 atom stereocenters. The molecule has 1 aliphatic heterocycles. The van der Waals surface area contributed by atoms with Crippen LogP contribution in [-0.2, 0) is 13.2 Å². The Morgan fingerprint density at radius 3 is 2.50 bits per heavy atom. The molecule has 0 spiro atoms. The monoisotopic (exact) mass is 252 g/mol. The molecule has 2 heterocycles. The number of hydrogen-bond donors (Lipinski definition) is 2. The van der Waals surface area contributed by atoms with Crippen LogP contribution in [0.25, 0.3) is 0 Å². The van der Waals surface area contributed by atoms with Crippen molar-refractivity contribution in [1.82, 2.24) is 10.2 Å². The van der Waals surface area contributed by atoms with E-state index in [-0.39, 0.29) is 6.61 Å². The number of hydrogen-bond acceptors (Lipinski definition) is 4. The number of aliphatic hydroxyl groups excluding tert-OH is 1. The summed E-state index contributed by atoms with van der Waals surface area (Å²) in [7, 11) is 0. The van der Waals surface area contributed by atoms with E-state index in [1.54, 1.807) is 0 Å². The fourth-order valence-electron chi connectivity index (χ4n) is 2.41. The Morgan fingerprint density at radius 2 is 1.83 bits per heavy atom. The second kappa shape index (κ2) is 7.56. The summed E-state index contributed by atoms with van der Waals surface area (Å²) >= 11 is 0. The normalized spacial score (nSPS) is 17.8. The van der Waals surface area contributed by atoms with E-state index in [2.05, 4.69) is 10.2 Å². The largest absolute Gasteiger partial charge is 0.462 e. The van der Waals surface area contributed by atoms with E-state index in [1.165, 1.54) is 38.8 Å². The first kappa shape index (κ1) is 13.6. The first-order valence-corrected chi connectivity index (χ1v) is 7.00. The number of rotatable bonds is 6. The topological polar surface area (TPSA) is 48.6 Å². The van der Waals surface area contributed by atoms with Crippen LogP contribution < -0.4 is 5.32 Å². The molecule has 4 nitrogen and oxygen atoms in total. The lowest BCUT2D eigenvalue weighted by Crippen LogP contribution is -2.32. The molecule has 0 unspecified atom stereocenters. The second-order valence-corrected chi connectivity index (χ2v) is 4.96. The molecule has 0 radical (unpaired) electrons. The van der Waals surface area contributed by atoms with Crippen LogP contribution in [0.3, 0.4) is 0 Å². The highest BCUT2D eigenvalue weighted by Crippen LogP contribution is 2.09. The Labute approximate surface area is 109 Å². The zero-order chi connectivity index (χ0) is 12.6. The molecular formula is C14H24N2O2. The molecule has 0 aromatic carbocycles. The summed E-state index contributed by atoms with van der Waals surface area (Å²) in [4.78, 5) is 2.54. The summed E-state index contributed by atoms with van der Waals surface area (Å²) < 4.78 is 5.42. The number of nitrogens with zero attached hydrogens (tertiary/aromatic N) is 1. The van der Waals surface area contributed by atoms with Gasteiger partial charge in [0.1, 0.15) is 18.1 Å². The highest BCUT2D eigenvalue weighted by molar-refractivity contribution is 5.05. The first-order chi connectivity index (χ1) is 8.88. The lowest BCUT2D eigenvalue weighted by molar-refractivity contribution is 0.242. The first-order valence-electron chi connectivity index (χ1n) is 7.00. The van der Waals surface area contributed by atoms with Gasteiger partial charge in [-0.15, -0.1) is 0 Å². The van der Waals surface area contributed by atoms with Crippen LogP contribution in [0.5, 0.6) is 0 Å². The van der Waals surface area contributed by atoms with Crippen molar-refractivity contribution >= 4 is 0 Å². The number of nitrogens with one attached hydrogen (secondary N) is 1. The van der Waals surface area contributed by atoms with Gasteiger partial charge in [-0.1, -0.05) is 12.8 Å². The van der Waals surface area contributed by atoms with Crippen LogP contribution in [-0.4, -0.2) is 36.2 Å². The van der Waals surface area contributed by atoms with Gasteiger partial charge in [-0.3, -0.25) is 0 Å². The lowest BCUT2D eigenvalue weighted by Gasteiger charge is -2.19. The maximum atomic E-state index is 8.90. The van der Waals surface area contributed by atoms with Gasteiger partial charge >= 0.3 is 0 Å². The molecule has 18 heavy (non-hydrogen) atoms. The number of aliphatic hydroxyl groups is 1. The van der Waals surface area contributed by atoms with Crippen molar-refractivity contribution in [2.45, 2.75) is 38.8 Å². The molecule has 1 aliphatic rings. The highest BCUT2D eigenvalue weighted by Gasteiger charge is 2.08. The van der Waals surface area contributed by atoms with Crippen LogP contribution in [0.4, 0.5) is 0 Å². The van der Waals surface area contributed by atoms with Gasteiger partial charge in [0.25, 0.3) is 0 Å². The minimum absolute atomic E-state index is 0.0201. The molecule has 0 bridgehead atoms. The standard InChI is InChI=1S/C14H24N2O2/c17-12-14-6-5-13(18-14)11-15-7-10-16-8-3-1-2-4-9-16/h5-6,15,17H,1-4,7-12H2. The third-order valence-electron chi connectivity index (χ3n) is 3.48. The average molecular weight is 252 g/mol. The van der Waals surface area contributed by atoms with Gasteiger partial charge in [0.2, 0.25) is 0 Å². The molecule has 2 N–H and O–H groups in total. The van der Waals surface area contributed by atoms with Crippen molar-refractivity contribution in [3.63, 3.8) is 0 Å². The third kappa shape index (κ3) is 4.44. The minimum atomic E-state index is -0.0201. The van der Waals surface area contributed by atoms with E-state index in [0.717, 1.165) is 25.4 Å². The molecule has 0 aliphatic carbocycles. The summed E-state index contributed by atoms with van der Waals surface area (Å²) in [5.74, 6) is 1.54. The van der Waals surface area contributed by atoms with Gasteiger partial charge in [-0.2, -0.15) is 0 Å². The van der Waals surface area contributed by atoms with Crippen molar-refractivity contribution in [2.75, 3.05) is 26.2 Å². The molecular weight excluding hydrogens is 228 g/mol. The van der Waals surface area contributed by atoms with Crippen LogP contribution >= 0.6 is 0 Å². The number of furan rings is 1. The SMILES string of the molecule is OCc1ccc(CNCCN2CCCCCC2)o1. The molecule has 4 heteroatoms. The summed E-state index contributed by atoms with van der Waals surface area (Å²) in [5, 5.41) is 12.3. The zero-order valence-electron chi connectivity index (χ0n) is 11.0. The molecule has 1 fully saturated rings. The third-order valence-corrected chi connectivity index (χ3v) is 3.48. The molecule has 102 valence electrons. The Hall–Kier alpha value is -0.840. The Morgan fingerprint density at radius 1 is 1.11 bits per heavy atom. The second-order valence-electron chi connectivity index (χ2n) is 4.96. The van der Waals surface area contributed by atoms with E-state index in [0.29, 0.717) is 5.76 Å². The van der Waals surface area contributed by atoms with Crippen molar-refractivity contribution in [2.24, 2.45) is 0 Å². The van der Waals surface area contributed by atoms with Crippen LogP contribution in [0.2, 0.25) is 0 Å². The summed E-state index contributed by atoms with van der Waals surface area (Å²) in [6.07, 6.45) is 5.47. The quantitative estimate of drug-likeness (QED) is 0.757. The molecule has 2 rings (SSSR count). The molecule has 1 aromatic heterocycles. The summed E-state index contributed by atoms with van der Waals surface area (Å²) in [6, 6.07) is 3.75. The van der Waals surface area contributed by atoms with E-state index in [9.17, 15) is 0 Å². The van der Waals surface area contributed by atoms with E-state index in [4.69, 9.17) is 9.52 Å². The van der Waals surface area contributed by atoms with E-state index >= 15 is 0 Å². The van der Waals surface area contributed by atoms with E-state index < -0.39 is 0 Å². The smallest absolute Gasteiger partial charge is 0.129 e. The Balaban J connectivity index is 1.60. The predicted molar refractivity (Wildman–Crippen MR) is 71.2 cm³/mol. The van der Waals surface area contributed by atoms with Crippen molar-refractivity contribution in [1.29, 1.82) is 0 Å². The molecule has 1 aromatic rings. The van der Waals surface area contributed by atoms with Crippen molar-refractivity contribution in [3.05, 3.63) is 23.7 Å². The summed E-state index contributed by atoms with van der Waals surface area (Å²) in [5.41, 5.74) is 0. The van der Waals surface area contributed by atoms with Gasteiger partial charge in [-0.25, -0.2) is 0 Å². The van der Waals surface area contributed by atoms with Gasteiger partial charge in [0, 0.05) is 13.1 Å². The van der Waals surface area contributed by atoms with E-state index in [1.807, 2.05) is 12.1 Å². The maximum Gasteiger partial charge on any atom is 0.129 e. The maximum absolute atomic E-state index is 8.90. The van der Waals surface area contributed by atoms with Gasteiger partial charge in [-0.05, 0) is 38.1 Å². The average Bonchev–Trinajstić information content (AvgIpc) is 2.70. The minimum Gasteiger partial charge on any atom is -0.462 e. The zero-order valence-corrected chi connectivity index (χ0v) is 11.0. The molecule has 1 saturated heterocycles. The Kier molecular flexibility index (Phi) is 5.71. The molecule has 0 saturated carbocycles. The summed E-state index contributed by atoms with van der Waals surface area (Å²) in [6.45, 7) is 5.33. The van der Waals surface area contributed by atoms with Gasteiger partial charge in [0.05, 0.1) is 6.54 Å². The van der Waals surface area contributed by atoms with Crippen molar-refractivity contribution < 1.29 is 9.52 Å². The fourth-order valence-corrected chi connectivity index (χ4v) is 2.41. The van der Waals surface area contributed by atoms with Crippen LogP contribution in [0.1, 0.15) is 37.2 Å². The number of likely N-dealkylation sites (tertiary alicyclic amines) is 1. The Bertz CT molecular complexity index is 330. The molecule has 0 amide bonds. The van der Waals surface area contributed by atoms with Gasteiger partial charge < -0.3 is 19.7 Å². The van der Waals surface area contributed by atoms with Crippen LogP contribution in [0, 0.1) is 0 Å². The lowest BCUT2D eigenvalue weighted by atomic mass is 10.2. The predicted octanol–water partition coefficient (Wildman–Crippen LogP) is 1.74. The van der Waals surface area contributed by atoms with Crippen LogP contribution in [0.15, 0.2) is 16.5 Å². The van der Waals surface area contributed by atoms with Crippen molar-refractivity contribution in [3.8, 4) is 0 Å².